The molecular weight excluding hydrogens is 372 g/mol. The molecule has 0 saturated carbocycles. The van der Waals surface area contributed by atoms with Gasteiger partial charge in [-0.2, -0.15) is 0 Å². The standard InChI is InChI=1S/C19H24O9/c1-10-16(25-11(2)20)17(26-12(3)21)18(27-13(4)22)19(24-10)28-15-8-6-14(23-5)7-9-15/h6-10,16-19H,1-5H3/t10-,16+,17+,18-,19-/m0/s1. The molecule has 0 N–H and O–H groups in total. The Morgan fingerprint density at radius 3 is 1.75 bits per heavy atom. The Morgan fingerprint density at radius 1 is 0.786 bits per heavy atom. The number of methoxy groups -OCH3 is 1. The lowest BCUT2D eigenvalue weighted by Gasteiger charge is -2.43. The lowest BCUT2D eigenvalue weighted by atomic mass is 9.99. The molecular formula is C19H24O9. The molecule has 0 amide bonds. The number of hydrogen-bond acceptors (Lipinski definition) is 9. The summed E-state index contributed by atoms with van der Waals surface area (Å²) in [4.78, 5) is 34.7. The van der Waals surface area contributed by atoms with Crippen molar-refractivity contribution in [3.05, 3.63) is 24.3 Å². The number of benzene rings is 1. The zero-order chi connectivity index (χ0) is 20.8. The van der Waals surface area contributed by atoms with Crippen molar-refractivity contribution in [2.75, 3.05) is 7.11 Å². The van der Waals surface area contributed by atoms with Gasteiger partial charge in [-0.25, -0.2) is 0 Å². The minimum absolute atomic E-state index is 0.419. The topological polar surface area (TPSA) is 107 Å². The van der Waals surface area contributed by atoms with Gasteiger partial charge < -0.3 is 28.4 Å². The maximum atomic E-state index is 11.6. The number of esters is 3. The second-order valence-corrected chi connectivity index (χ2v) is 6.23. The lowest BCUT2D eigenvalue weighted by Crippen LogP contribution is -2.62. The highest BCUT2D eigenvalue weighted by Gasteiger charge is 2.51. The largest absolute Gasteiger partial charge is 0.497 e. The smallest absolute Gasteiger partial charge is 0.303 e. The van der Waals surface area contributed by atoms with Gasteiger partial charge in [0.1, 0.15) is 11.5 Å². The fraction of sp³-hybridized carbons (Fsp3) is 0.526. The van der Waals surface area contributed by atoms with Crippen LogP contribution in [0.4, 0.5) is 0 Å². The van der Waals surface area contributed by atoms with E-state index in [0.29, 0.717) is 11.5 Å². The summed E-state index contributed by atoms with van der Waals surface area (Å²) in [5, 5.41) is 0. The van der Waals surface area contributed by atoms with Crippen molar-refractivity contribution in [3.8, 4) is 11.5 Å². The van der Waals surface area contributed by atoms with E-state index in [2.05, 4.69) is 0 Å². The molecule has 0 unspecified atom stereocenters. The van der Waals surface area contributed by atoms with Crippen LogP contribution in [-0.2, 0) is 33.3 Å². The van der Waals surface area contributed by atoms with Gasteiger partial charge in [-0.05, 0) is 31.2 Å². The Balaban J connectivity index is 2.32. The first-order valence-corrected chi connectivity index (χ1v) is 8.69. The number of carbonyl (C=O) groups excluding carboxylic acids is 3. The molecule has 0 radical (unpaired) electrons. The van der Waals surface area contributed by atoms with Gasteiger partial charge in [-0.15, -0.1) is 0 Å². The third-order valence-corrected chi connectivity index (χ3v) is 3.95. The second-order valence-electron chi connectivity index (χ2n) is 6.23. The van der Waals surface area contributed by atoms with Gasteiger partial charge >= 0.3 is 17.9 Å². The molecule has 5 atom stereocenters. The molecule has 1 fully saturated rings. The highest BCUT2D eigenvalue weighted by Crippen LogP contribution is 2.30. The molecule has 0 aliphatic carbocycles. The Labute approximate surface area is 162 Å². The summed E-state index contributed by atoms with van der Waals surface area (Å²) >= 11 is 0. The van der Waals surface area contributed by atoms with Crippen molar-refractivity contribution in [1.82, 2.24) is 0 Å². The molecule has 0 bridgehead atoms. The highest BCUT2D eigenvalue weighted by atomic mass is 16.7. The third-order valence-electron chi connectivity index (χ3n) is 3.95. The minimum Gasteiger partial charge on any atom is -0.497 e. The van der Waals surface area contributed by atoms with E-state index in [1.165, 1.54) is 27.9 Å². The zero-order valence-corrected chi connectivity index (χ0v) is 16.4. The van der Waals surface area contributed by atoms with E-state index in [9.17, 15) is 14.4 Å². The van der Waals surface area contributed by atoms with Crippen LogP contribution in [0.3, 0.4) is 0 Å². The van der Waals surface area contributed by atoms with Crippen molar-refractivity contribution < 1.29 is 42.8 Å². The first kappa shape index (κ1) is 21.5. The van der Waals surface area contributed by atoms with Crippen LogP contribution < -0.4 is 9.47 Å². The van der Waals surface area contributed by atoms with E-state index in [1.807, 2.05) is 0 Å². The van der Waals surface area contributed by atoms with E-state index >= 15 is 0 Å². The monoisotopic (exact) mass is 396 g/mol. The summed E-state index contributed by atoms with van der Waals surface area (Å²) in [5.74, 6) is -0.798. The van der Waals surface area contributed by atoms with Gasteiger partial charge in [0.05, 0.1) is 13.2 Å². The van der Waals surface area contributed by atoms with Crippen molar-refractivity contribution >= 4 is 17.9 Å². The summed E-state index contributed by atoms with van der Waals surface area (Å²) in [6.45, 7) is 5.26. The summed E-state index contributed by atoms with van der Waals surface area (Å²) in [5.41, 5.74) is 0. The van der Waals surface area contributed by atoms with Crippen LogP contribution in [0.25, 0.3) is 0 Å². The van der Waals surface area contributed by atoms with E-state index in [1.54, 1.807) is 31.2 Å². The van der Waals surface area contributed by atoms with E-state index in [0.717, 1.165) is 0 Å². The van der Waals surface area contributed by atoms with E-state index in [4.69, 9.17) is 28.4 Å². The third kappa shape index (κ3) is 5.59. The van der Waals surface area contributed by atoms with Crippen molar-refractivity contribution in [2.24, 2.45) is 0 Å². The molecule has 9 nitrogen and oxygen atoms in total. The Kier molecular flexibility index (Phi) is 7.22. The van der Waals surface area contributed by atoms with Crippen LogP contribution in [0.5, 0.6) is 11.5 Å². The normalized spacial score (nSPS) is 26.7. The van der Waals surface area contributed by atoms with Crippen LogP contribution in [0.1, 0.15) is 27.7 Å². The van der Waals surface area contributed by atoms with Crippen LogP contribution in [-0.4, -0.2) is 55.7 Å². The van der Waals surface area contributed by atoms with Crippen molar-refractivity contribution in [2.45, 2.75) is 58.4 Å². The quantitative estimate of drug-likeness (QED) is 0.523. The van der Waals surface area contributed by atoms with Gasteiger partial charge in [0.15, 0.2) is 12.2 Å². The first-order valence-electron chi connectivity index (χ1n) is 8.69. The molecule has 1 heterocycles. The molecule has 1 aliphatic heterocycles. The second kappa shape index (κ2) is 9.41. The summed E-state index contributed by atoms with van der Waals surface area (Å²) in [7, 11) is 1.54. The fourth-order valence-corrected chi connectivity index (χ4v) is 2.85. The predicted octanol–water partition coefficient (Wildman–Crippen LogP) is 1.61. The van der Waals surface area contributed by atoms with Gasteiger partial charge in [-0.1, -0.05) is 0 Å². The highest BCUT2D eigenvalue weighted by molar-refractivity contribution is 5.68. The summed E-state index contributed by atoms with van der Waals surface area (Å²) in [6, 6.07) is 6.68. The van der Waals surface area contributed by atoms with Crippen LogP contribution in [0.15, 0.2) is 24.3 Å². The molecule has 28 heavy (non-hydrogen) atoms. The summed E-state index contributed by atoms with van der Waals surface area (Å²) in [6.07, 6.45) is -5.01. The molecule has 2 rings (SSSR count). The maximum absolute atomic E-state index is 11.6. The fourth-order valence-electron chi connectivity index (χ4n) is 2.85. The lowest BCUT2D eigenvalue weighted by molar-refractivity contribution is -0.280. The molecule has 9 heteroatoms. The molecule has 0 aromatic heterocycles. The first-order chi connectivity index (χ1) is 13.2. The molecule has 1 aromatic rings. The number of carbonyl (C=O) groups is 3. The van der Waals surface area contributed by atoms with Crippen LogP contribution in [0, 0.1) is 0 Å². The van der Waals surface area contributed by atoms with Crippen molar-refractivity contribution in [3.63, 3.8) is 0 Å². The average Bonchev–Trinajstić information content (AvgIpc) is 2.61. The minimum atomic E-state index is -1.15. The number of rotatable bonds is 6. The number of hydrogen-bond donors (Lipinski definition) is 0. The van der Waals surface area contributed by atoms with Gasteiger partial charge in [0, 0.05) is 20.8 Å². The molecule has 1 saturated heterocycles. The average molecular weight is 396 g/mol. The SMILES string of the molecule is COc1ccc(O[C@@H]2O[C@@H](C)[C@@H](OC(C)=O)[C@@H](OC(C)=O)[C@@H]2OC(C)=O)cc1. The molecule has 1 aliphatic rings. The predicted molar refractivity (Wildman–Crippen MR) is 94.6 cm³/mol. The Morgan fingerprint density at radius 2 is 1.25 bits per heavy atom. The van der Waals surface area contributed by atoms with Crippen LogP contribution in [0.2, 0.25) is 0 Å². The summed E-state index contributed by atoms with van der Waals surface area (Å²) < 4.78 is 32.6. The van der Waals surface area contributed by atoms with Gasteiger partial charge in [-0.3, -0.25) is 14.4 Å². The van der Waals surface area contributed by atoms with E-state index < -0.39 is 48.6 Å². The Hall–Kier alpha value is -2.81. The molecule has 1 aromatic carbocycles. The maximum Gasteiger partial charge on any atom is 0.303 e. The van der Waals surface area contributed by atoms with Gasteiger partial charge in [0.25, 0.3) is 0 Å². The number of ether oxygens (including phenoxy) is 6. The van der Waals surface area contributed by atoms with E-state index in [-0.39, 0.29) is 0 Å². The molecule has 0 spiro atoms. The Bertz CT molecular complexity index is 700. The zero-order valence-electron chi connectivity index (χ0n) is 16.4. The van der Waals surface area contributed by atoms with Crippen LogP contribution >= 0.6 is 0 Å². The van der Waals surface area contributed by atoms with Gasteiger partial charge in [0.2, 0.25) is 12.4 Å². The van der Waals surface area contributed by atoms with Crippen molar-refractivity contribution in [1.29, 1.82) is 0 Å². The molecule has 154 valence electrons.